The van der Waals surface area contributed by atoms with Crippen molar-refractivity contribution >= 4 is 15.8 Å². The summed E-state index contributed by atoms with van der Waals surface area (Å²) in [4.78, 5) is 11.3. The quantitative estimate of drug-likeness (QED) is 0.810. The molecule has 1 N–H and O–H groups in total. The van der Waals surface area contributed by atoms with E-state index in [0.717, 1.165) is 0 Å². The molecule has 0 atom stereocenters. The summed E-state index contributed by atoms with van der Waals surface area (Å²) in [6.07, 6.45) is 0. The molecule has 0 spiro atoms. The second-order valence-electron chi connectivity index (χ2n) is 4.13. The minimum absolute atomic E-state index is 0.148. The Morgan fingerprint density at radius 3 is 2.65 bits per heavy atom. The van der Waals surface area contributed by atoms with Crippen molar-refractivity contribution < 1.29 is 17.7 Å². The minimum Gasteiger partial charge on any atom is -0.361 e. The van der Waals surface area contributed by atoms with Gasteiger partial charge < -0.3 is 4.52 Å². The SMILES string of the molecule is Cc1cc(CS(=O)(=O)NCC(=O)C(C)C)no1. The second-order valence-corrected chi connectivity index (χ2v) is 5.94. The van der Waals surface area contributed by atoms with Crippen molar-refractivity contribution in [3.63, 3.8) is 0 Å². The molecule has 1 aromatic rings. The van der Waals surface area contributed by atoms with Crippen LogP contribution in [0.1, 0.15) is 25.3 Å². The van der Waals surface area contributed by atoms with E-state index in [0.29, 0.717) is 11.5 Å². The zero-order chi connectivity index (χ0) is 13.1. The molecule has 17 heavy (non-hydrogen) atoms. The third-order valence-electron chi connectivity index (χ3n) is 2.12. The smallest absolute Gasteiger partial charge is 0.217 e. The number of aromatic nitrogens is 1. The molecular weight excluding hydrogens is 244 g/mol. The Morgan fingerprint density at radius 2 is 2.18 bits per heavy atom. The number of rotatable bonds is 6. The largest absolute Gasteiger partial charge is 0.361 e. The van der Waals surface area contributed by atoms with Crippen molar-refractivity contribution in [2.75, 3.05) is 6.54 Å². The summed E-state index contributed by atoms with van der Waals surface area (Å²) in [5.41, 5.74) is 0.326. The number of carbonyl (C=O) groups is 1. The van der Waals surface area contributed by atoms with Crippen LogP contribution in [-0.2, 0) is 20.6 Å². The average Bonchev–Trinajstić information content (AvgIpc) is 2.59. The lowest BCUT2D eigenvalue weighted by molar-refractivity contribution is -0.120. The summed E-state index contributed by atoms with van der Waals surface area (Å²) < 4.78 is 30.2. The second kappa shape index (κ2) is 5.42. The predicted octanol–water partition coefficient (Wildman–Crippen LogP) is 0.628. The van der Waals surface area contributed by atoms with Gasteiger partial charge in [0.2, 0.25) is 10.0 Å². The van der Waals surface area contributed by atoms with Gasteiger partial charge in [-0.3, -0.25) is 4.79 Å². The molecule has 1 rings (SSSR count). The molecule has 0 radical (unpaired) electrons. The number of sulfonamides is 1. The van der Waals surface area contributed by atoms with Crippen molar-refractivity contribution in [3.05, 3.63) is 17.5 Å². The molecule has 0 bridgehead atoms. The van der Waals surface area contributed by atoms with Crippen LogP contribution in [-0.4, -0.2) is 25.9 Å². The molecule has 0 aliphatic heterocycles. The lowest BCUT2D eigenvalue weighted by Gasteiger charge is -2.06. The summed E-state index contributed by atoms with van der Waals surface area (Å²) in [7, 11) is -3.54. The first-order valence-corrected chi connectivity index (χ1v) is 6.87. The Balaban J connectivity index is 2.55. The highest BCUT2D eigenvalue weighted by atomic mass is 32.2. The summed E-state index contributed by atoms with van der Waals surface area (Å²) in [6, 6.07) is 1.55. The molecule has 0 aliphatic carbocycles. The first-order chi connectivity index (χ1) is 7.80. The number of hydrogen-bond acceptors (Lipinski definition) is 5. The van der Waals surface area contributed by atoms with Gasteiger partial charge in [0.25, 0.3) is 0 Å². The van der Waals surface area contributed by atoms with Crippen LogP contribution in [0, 0.1) is 12.8 Å². The van der Waals surface area contributed by atoms with E-state index in [4.69, 9.17) is 4.52 Å². The van der Waals surface area contributed by atoms with Crippen LogP contribution in [0.4, 0.5) is 0 Å². The van der Waals surface area contributed by atoms with E-state index in [1.54, 1.807) is 26.8 Å². The fraction of sp³-hybridized carbons (Fsp3) is 0.600. The number of carbonyl (C=O) groups excluding carboxylic acids is 1. The van der Waals surface area contributed by atoms with Crippen molar-refractivity contribution in [2.24, 2.45) is 5.92 Å². The van der Waals surface area contributed by atoms with Gasteiger partial charge in [-0.1, -0.05) is 19.0 Å². The number of ketones is 1. The zero-order valence-electron chi connectivity index (χ0n) is 10.1. The van der Waals surface area contributed by atoms with Gasteiger partial charge >= 0.3 is 0 Å². The van der Waals surface area contributed by atoms with Crippen LogP contribution in [0.15, 0.2) is 10.6 Å². The standard InChI is InChI=1S/C10H16N2O4S/c1-7(2)10(13)5-11-17(14,15)6-9-4-8(3)16-12-9/h4,7,11H,5-6H2,1-3H3. The van der Waals surface area contributed by atoms with E-state index in [9.17, 15) is 13.2 Å². The molecule has 0 saturated heterocycles. The summed E-state index contributed by atoms with van der Waals surface area (Å²) >= 11 is 0. The average molecular weight is 260 g/mol. The first-order valence-electron chi connectivity index (χ1n) is 5.22. The van der Waals surface area contributed by atoms with E-state index in [2.05, 4.69) is 9.88 Å². The molecule has 0 saturated carbocycles. The summed E-state index contributed by atoms with van der Waals surface area (Å²) in [5.74, 6) is -0.0687. The van der Waals surface area contributed by atoms with Crippen LogP contribution >= 0.6 is 0 Å². The Bertz CT molecular complexity index is 490. The maximum Gasteiger partial charge on any atom is 0.217 e. The highest BCUT2D eigenvalue weighted by Gasteiger charge is 2.16. The lowest BCUT2D eigenvalue weighted by Crippen LogP contribution is -2.32. The Morgan fingerprint density at radius 1 is 1.53 bits per heavy atom. The van der Waals surface area contributed by atoms with Crippen LogP contribution in [0.2, 0.25) is 0 Å². The molecule has 7 heteroatoms. The topological polar surface area (TPSA) is 89.3 Å². The number of Topliss-reactive ketones (excluding diaryl/α,β-unsaturated/α-hetero) is 1. The van der Waals surface area contributed by atoms with Gasteiger partial charge in [-0.25, -0.2) is 13.1 Å². The van der Waals surface area contributed by atoms with Gasteiger partial charge in [-0.2, -0.15) is 0 Å². The molecule has 0 aliphatic rings. The fourth-order valence-electron chi connectivity index (χ4n) is 1.12. The third-order valence-corrected chi connectivity index (χ3v) is 3.38. The molecule has 6 nitrogen and oxygen atoms in total. The van der Waals surface area contributed by atoms with Crippen molar-refractivity contribution in [1.29, 1.82) is 0 Å². The molecule has 0 unspecified atom stereocenters. The monoisotopic (exact) mass is 260 g/mol. The van der Waals surface area contributed by atoms with E-state index >= 15 is 0 Å². The molecule has 0 fully saturated rings. The number of hydrogen-bond donors (Lipinski definition) is 1. The molecule has 0 amide bonds. The van der Waals surface area contributed by atoms with Crippen molar-refractivity contribution in [3.8, 4) is 0 Å². The lowest BCUT2D eigenvalue weighted by atomic mass is 10.1. The maximum atomic E-state index is 11.6. The van der Waals surface area contributed by atoms with Gasteiger partial charge in [0.15, 0.2) is 0 Å². The maximum absolute atomic E-state index is 11.6. The molecule has 1 aromatic heterocycles. The van der Waals surface area contributed by atoms with Gasteiger partial charge in [0, 0.05) is 12.0 Å². The van der Waals surface area contributed by atoms with Crippen molar-refractivity contribution in [1.82, 2.24) is 9.88 Å². The zero-order valence-corrected chi connectivity index (χ0v) is 10.9. The van der Waals surface area contributed by atoms with Gasteiger partial charge in [-0.15, -0.1) is 0 Å². The molecule has 0 aromatic carbocycles. The van der Waals surface area contributed by atoms with E-state index in [1.807, 2.05) is 0 Å². The first kappa shape index (κ1) is 13.9. The molecular formula is C10H16N2O4S. The summed E-state index contributed by atoms with van der Waals surface area (Å²) in [6.45, 7) is 4.94. The molecule has 96 valence electrons. The van der Waals surface area contributed by atoms with E-state index < -0.39 is 10.0 Å². The number of nitrogens with zero attached hydrogens (tertiary/aromatic N) is 1. The van der Waals surface area contributed by atoms with Gasteiger partial charge in [0.05, 0.1) is 6.54 Å². The molecule has 1 heterocycles. The van der Waals surface area contributed by atoms with Crippen LogP contribution in [0.3, 0.4) is 0 Å². The highest BCUT2D eigenvalue weighted by Crippen LogP contribution is 2.05. The Kier molecular flexibility index (Phi) is 4.41. The Hall–Kier alpha value is -1.21. The minimum atomic E-state index is -3.54. The van der Waals surface area contributed by atoms with Gasteiger partial charge in [-0.05, 0) is 6.92 Å². The normalized spacial score (nSPS) is 12.0. The van der Waals surface area contributed by atoms with E-state index in [1.165, 1.54) is 0 Å². The highest BCUT2D eigenvalue weighted by molar-refractivity contribution is 7.88. The van der Waals surface area contributed by atoms with Crippen molar-refractivity contribution in [2.45, 2.75) is 26.5 Å². The Labute approximate surface area is 100 Å². The number of nitrogens with one attached hydrogen (secondary N) is 1. The summed E-state index contributed by atoms with van der Waals surface area (Å²) in [5, 5.41) is 3.58. The van der Waals surface area contributed by atoms with Gasteiger partial charge in [0.1, 0.15) is 23.0 Å². The van der Waals surface area contributed by atoms with Crippen LogP contribution in [0.5, 0.6) is 0 Å². The van der Waals surface area contributed by atoms with Crippen LogP contribution < -0.4 is 4.72 Å². The van der Waals surface area contributed by atoms with E-state index in [-0.39, 0.29) is 24.0 Å². The van der Waals surface area contributed by atoms with Crippen LogP contribution in [0.25, 0.3) is 0 Å². The third kappa shape index (κ3) is 4.66. The fourth-order valence-corrected chi connectivity index (χ4v) is 2.11. The predicted molar refractivity (Wildman–Crippen MR) is 61.7 cm³/mol. The number of aryl methyl sites for hydroxylation is 1.